The van der Waals surface area contributed by atoms with E-state index in [0.29, 0.717) is 19.2 Å². The lowest BCUT2D eigenvalue weighted by Crippen LogP contribution is -2.50. The van der Waals surface area contributed by atoms with Gasteiger partial charge in [0.1, 0.15) is 11.6 Å². The number of nitrogens with one attached hydrogen (secondary N) is 1. The second kappa shape index (κ2) is 8.53. The van der Waals surface area contributed by atoms with E-state index in [1.54, 1.807) is 16.2 Å². The first kappa shape index (κ1) is 19.4. The molecule has 0 bridgehead atoms. The monoisotopic (exact) mass is 394 g/mol. The molecule has 144 valence electrons. The van der Waals surface area contributed by atoms with Crippen molar-refractivity contribution in [3.63, 3.8) is 0 Å². The van der Waals surface area contributed by atoms with E-state index in [-0.39, 0.29) is 18.0 Å². The van der Waals surface area contributed by atoms with Crippen molar-refractivity contribution in [3.8, 4) is 0 Å². The van der Waals surface area contributed by atoms with E-state index in [1.165, 1.54) is 0 Å². The zero-order valence-corrected chi connectivity index (χ0v) is 15.7. The van der Waals surface area contributed by atoms with Crippen LogP contribution in [-0.4, -0.2) is 59.3 Å². The van der Waals surface area contributed by atoms with Crippen molar-refractivity contribution >= 4 is 23.2 Å². The standard InChI is InChI=1S/C18H20F2N4O2S/c1-12-22-14(11-27-12)10-23-4-6-24(7-5-23)17(25)9-21-18(26)15-3-2-13(19)8-16(15)20/h2-3,8,11H,4-7,9-10H2,1H3,(H,21,26). The molecule has 2 aromatic rings. The molecule has 27 heavy (non-hydrogen) atoms. The summed E-state index contributed by atoms with van der Waals surface area (Å²) in [7, 11) is 0. The van der Waals surface area contributed by atoms with Crippen molar-refractivity contribution in [2.24, 2.45) is 0 Å². The lowest BCUT2D eigenvalue weighted by molar-refractivity contribution is -0.131. The van der Waals surface area contributed by atoms with Crippen LogP contribution in [0.4, 0.5) is 8.78 Å². The molecule has 2 amide bonds. The van der Waals surface area contributed by atoms with E-state index in [9.17, 15) is 18.4 Å². The summed E-state index contributed by atoms with van der Waals surface area (Å²) in [6.45, 7) is 5.07. The van der Waals surface area contributed by atoms with Crippen molar-refractivity contribution < 1.29 is 18.4 Å². The van der Waals surface area contributed by atoms with Gasteiger partial charge >= 0.3 is 0 Å². The average Bonchev–Trinajstić information content (AvgIpc) is 3.05. The van der Waals surface area contributed by atoms with Crippen LogP contribution in [0.25, 0.3) is 0 Å². The van der Waals surface area contributed by atoms with Gasteiger partial charge in [0, 0.05) is 44.2 Å². The molecule has 2 heterocycles. The van der Waals surface area contributed by atoms with Crippen LogP contribution in [0.3, 0.4) is 0 Å². The quantitative estimate of drug-likeness (QED) is 0.840. The molecule has 6 nitrogen and oxygen atoms in total. The molecule has 3 rings (SSSR count). The van der Waals surface area contributed by atoms with Gasteiger partial charge < -0.3 is 10.2 Å². The number of piperazine rings is 1. The van der Waals surface area contributed by atoms with Gasteiger partial charge in [-0.05, 0) is 19.1 Å². The maximum absolute atomic E-state index is 13.6. The second-order valence-corrected chi connectivity index (χ2v) is 7.38. The number of carbonyl (C=O) groups is 2. The zero-order chi connectivity index (χ0) is 19.4. The van der Waals surface area contributed by atoms with Crippen molar-refractivity contribution in [2.75, 3.05) is 32.7 Å². The summed E-state index contributed by atoms with van der Waals surface area (Å²) in [6, 6.07) is 2.70. The Labute approximate surface area is 159 Å². The van der Waals surface area contributed by atoms with E-state index in [2.05, 4.69) is 15.2 Å². The Morgan fingerprint density at radius 2 is 1.96 bits per heavy atom. The summed E-state index contributed by atoms with van der Waals surface area (Å²) in [4.78, 5) is 32.6. The highest BCUT2D eigenvalue weighted by atomic mass is 32.1. The minimum Gasteiger partial charge on any atom is -0.343 e. The van der Waals surface area contributed by atoms with Crippen LogP contribution >= 0.6 is 11.3 Å². The minimum atomic E-state index is -0.953. The predicted octanol–water partition coefficient (Wildman–Crippen LogP) is 1.80. The van der Waals surface area contributed by atoms with Gasteiger partial charge in [0.25, 0.3) is 5.91 Å². The number of hydrogen-bond acceptors (Lipinski definition) is 5. The van der Waals surface area contributed by atoms with E-state index in [4.69, 9.17) is 0 Å². The first-order valence-electron chi connectivity index (χ1n) is 8.57. The summed E-state index contributed by atoms with van der Waals surface area (Å²) in [5, 5.41) is 5.47. The molecule has 0 unspecified atom stereocenters. The fourth-order valence-electron chi connectivity index (χ4n) is 2.90. The maximum Gasteiger partial charge on any atom is 0.254 e. The van der Waals surface area contributed by atoms with Gasteiger partial charge in [-0.1, -0.05) is 0 Å². The summed E-state index contributed by atoms with van der Waals surface area (Å²) < 4.78 is 26.5. The van der Waals surface area contributed by atoms with Crippen LogP contribution in [0.5, 0.6) is 0 Å². The molecule has 1 saturated heterocycles. The number of rotatable bonds is 5. The smallest absolute Gasteiger partial charge is 0.254 e. The number of hydrogen-bond donors (Lipinski definition) is 1. The van der Waals surface area contributed by atoms with Crippen LogP contribution in [-0.2, 0) is 11.3 Å². The summed E-state index contributed by atoms with van der Waals surface area (Å²) in [5.74, 6) is -2.68. The van der Waals surface area contributed by atoms with E-state index < -0.39 is 17.5 Å². The third-order valence-electron chi connectivity index (χ3n) is 4.35. The number of thiazole rings is 1. The lowest BCUT2D eigenvalue weighted by Gasteiger charge is -2.34. The lowest BCUT2D eigenvalue weighted by atomic mass is 10.2. The molecule has 0 spiro atoms. The Morgan fingerprint density at radius 1 is 1.22 bits per heavy atom. The number of aryl methyl sites for hydroxylation is 1. The summed E-state index contributed by atoms with van der Waals surface area (Å²) >= 11 is 1.62. The van der Waals surface area contributed by atoms with Crippen LogP contribution in [0.1, 0.15) is 21.1 Å². The molecule has 1 aromatic carbocycles. The van der Waals surface area contributed by atoms with Gasteiger partial charge in [0.2, 0.25) is 5.91 Å². The van der Waals surface area contributed by atoms with E-state index in [1.807, 2.05) is 12.3 Å². The van der Waals surface area contributed by atoms with Gasteiger partial charge in [0.05, 0.1) is 22.8 Å². The number of nitrogens with zero attached hydrogens (tertiary/aromatic N) is 3. The first-order valence-corrected chi connectivity index (χ1v) is 9.45. The van der Waals surface area contributed by atoms with E-state index in [0.717, 1.165) is 42.5 Å². The van der Waals surface area contributed by atoms with Crippen LogP contribution in [0, 0.1) is 18.6 Å². The highest BCUT2D eigenvalue weighted by Crippen LogP contribution is 2.12. The molecule has 1 N–H and O–H groups in total. The SMILES string of the molecule is Cc1nc(CN2CCN(C(=O)CNC(=O)c3ccc(F)cc3F)CC2)cs1. The highest BCUT2D eigenvalue weighted by Gasteiger charge is 2.22. The maximum atomic E-state index is 13.6. The summed E-state index contributed by atoms with van der Waals surface area (Å²) in [6.07, 6.45) is 0. The fourth-order valence-corrected chi connectivity index (χ4v) is 3.51. The average molecular weight is 394 g/mol. The molecule has 1 fully saturated rings. The highest BCUT2D eigenvalue weighted by molar-refractivity contribution is 7.09. The van der Waals surface area contributed by atoms with Crippen molar-refractivity contribution in [1.29, 1.82) is 0 Å². The minimum absolute atomic E-state index is 0.221. The molecule has 0 saturated carbocycles. The largest absolute Gasteiger partial charge is 0.343 e. The fraction of sp³-hybridized carbons (Fsp3) is 0.389. The molecule has 9 heteroatoms. The van der Waals surface area contributed by atoms with Crippen LogP contribution in [0.15, 0.2) is 23.6 Å². The Hall–Kier alpha value is -2.39. The van der Waals surface area contributed by atoms with Gasteiger partial charge in [-0.25, -0.2) is 13.8 Å². The van der Waals surface area contributed by atoms with Gasteiger partial charge in [-0.3, -0.25) is 14.5 Å². The molecule has 0 aliphatic carbocycles. The molecule has 1 aliphatic rings. The number of halogens is 2. The zero-order valence-electron chi connectivity index (χ0n) is 14.9. The molecule has 0 radical (unpaired) electrons. The Balaban J connectivity index is 1.44. The van der Waals surface area contributed by atoms with Gasteiger partial charge in [-0.2, -0.15) is 0 Å². The third kappa shape index (κ3) is 5.08. The Kier molecular flexibility index (Phi) is 6.12. The summed E-state index contributed by atoms with van der Waals surface area (Å²) in [5.41, 5.74) is 0.749. The van der Waals surface area contributed by atoms with Gasteiger partial charge in [0.15, 0.2) is 0 Å². The number of aromatic nitrogens is 1. The molecule has 0 atom stereocenters. The predicted molar refractivity (Wildman–Crippen MR) is 97.4 cm³/mol. The van der Waals surface area contributed by atoms with Crippen molar-refractivity contribution in [3.05, 3.63) is 51.5 Å². The van der Waals surface area contributed by atoms with Crippen molar-refractivity contribution in [2.45, 2.75) is 13.5 Å². The molecular formula is C18H20F2N4O2S. The van der Waals surface area contributed by atoms with Crippen LogP contribution < -0.4 is 5.32 Å². The van der Waals surface area contributed by atoms with E-state index >= 15 is 0 Å². The Bertz CT molecular complexity index is 835. The topological polar surface area (TPSA) is 65.5 Å². The second-order valence-electron chi connectivity index (χ2n) is 6.32. The molecule has 1 aromatic heterocycles. The normalized spacial score (nSPS) is 15.0. The molecule has 1 aliphatic heterocycles. The first-order chi connectivity index (χ1) is 12.9. The number of carbonyl (C=O) groups excluding carboxylic acids is 2. The molecular weight excluding hydrogens is 374 g/mol. The number of amides is 2. The third-order valence-corrected chi connectivity index (χ3v) is 5.18. The van der Waals surface area contributed by atoms with Crippen molar-refractivity contribution in [1.82, 2.24) is 20.1 Å². The van der Waals surface area contributed by atoms with Gasteiger partial charge in [-0.15, -0.1) is 11.3 Å². The number of benzene rings is 1. The Morgan fingerprint density at radius 3 is 2.59 bits per heavy atom. The van der Waals surface area contributed by atoms with Crippen LogP contribution in [0.2, 0.25) is 0 Å².